The Labute approximate surface area is 180 Å². The first-order valence-electron chi connectivity index (χ1n) is 9.42. The molecule has 1 aromatic heterocycles. The van der Waals surface area contributed by atoms with E-state index >= 15 is 0 Å². The van der Waals surface area contributed by atoms with Gasteiger partial charge in [0.15, 0.2) is 0 Å². The lowest BCUT2D eigenvalue weighted by Gasteiger charge is -2.22. The third kappa shape index (κ3) is 4.96. The Balaban J connectivity index is 1.84. The van der Waals surface area contributed by atoms with Crippen molar-refractivity contribution >= 4 is 23.2 Å². The van der Waals surface area contributed by atoms with Crippen LogP contribution in [0.25, 0.3) is 0 Å². The summed E-state index contributed by atoms with van der Waals surface area (Å²) in [7, 11) is 0. The molecule has 0 radical (unpaired) electrons. The van der Waals surface area contributed by atoms with Crippen molar-refractivity contribution in [3.63, 3.8) is 0 Å². The van der Waals surface area contributed by atoms with Crippen LogP contribution in [-0.2, 0) is 13.1 Å². The first kappa shape index (κ1) is 21.3. The number of hydrogen-bond acceptors (Lipinski definition) is 3. The molecular weight excluding hydrogens is 402 g/mol. The normalized spacial score (nSPS) is 10.6. The average molecular weight is 424 g/mol. The maximum Gasteiger partial charge on any atom is 0.273 e. The topological polar surface area (TPSA) is 68.4 Å². The molecule has 0 aliphatic carbocycles. The van der Waals surface area contributed by atoms with Crippen molar-refractivity contribution in [2.24, 2.45) is 0 Å². The molecule has 0 unspecified atom stereocenters. The first-order valence-corrected chi connectivity index (χ1v) is 9.80. The largest absolute Gasteiger partial charge is 0.345 e. The standard InChI is InChI=1S/C23H22ClN3O3/c1-3-11-26(23(28)19-10-9-17(2)22(14-19)27(29)30)16-21-8-5-12-25(21)15-18-6-4-7-20(24)13-18/h3-10,12-14H,1,11,15-16H2,2H3. The molecule has 1 amide bonds. The first-order chi connectivity index (χ1) is 14.4. The summed E-state index contributed by atoms with van der Waals surface area (Å²) in [6.45, 7) is 6.68. The zero-order valence-electron chi connectivity index (χ0n) is 16.6. The minimum Gasteiger partial charge on any atom is -0.345 e. The van der Waals surface area contributed by atoms with Gasteiger partial charge in [-0.3, -0.25) is 14.9 Å². The van der Waals surface area contributed by atoms with Crippen LogP contribution in [0.1, 0.15) is 27.2 Å². The second kappa shape index (κ2) is 9.41. The number of rotatable bonds is 8. The van der Waals surface area contributed by atoms with E-state index in [9.17, 15) is 14.9 Å². The molecule has 0 atom stereocenters. The monoisotopic (exact) mass is 423 g/mol. The number of benzene rings is 2. The van der Waals surface area contributed by atoms with Gasteiger partial charge in [0.1, 0.15) is 0 Å². The number of halogens is 1. The molecule has 0 aliphatic heterocycles. The van der Waals surface area contributed by atoms with Crippen molar-refractivity contribution in [3.8, 4) is 0 Å². The van der Waals surface area contributed by atoms with Crippen LogP contribution in [0.15, 0.2) is 73.4 Å². The molecule has 154 valence electrons. The van der Waals surface area contributed by atoms with Crippen LogP contribution in [-0.4, -0.2) is 26.8 Å². The predicted molar refractivity (Wildman–Crippen MR) is 118 cm³/mol. The van der Waals surface area contributed by atoms with E-state index in [0.29, 0.717) is 30.2 Å². The summed E-state index contributed by atoms with van der Waals surface area (Å²) in [6.07, 6.45) is 3.59. The van der Waals surface area contributed by atoms with Crippen molar-refractivity contribution < 1.29 is 9.72 Å². The van der Waals surface area contributed by atoms with E-state index in [1.807, 2.05) is 47.2 Å². The zero-order chi connectivity index (χ0) is 21.7. The number of nitro groups is 1. The number of aromatic nitrogens is 1. The molecule has 0 spiro atoms. The molecule has 2 aromatic carbocycles. The third-order valence-electron chi connectivity index (χ3n) is 4.81. The van der Waals surface area contributed by atoms with E-state index < -0.39 is 4.92 Å². The lowest BCUT2D eigenvalue weighted by atomic mass is 10.1. The van der Waals surface area contributed by atoms with Gasteiger partial charge in [-0.2, -0.15) is 0 Å². The van der Waals surface area contributed by atoms with Crippen molar-refractivity contribution in [1.82, 2.24) is 9.47 Å². The smallest absolute Gasteiger partial charge is 0.273 e. The molecule has 7 heteroatoms. The summed E-state index contributed by atoms with van der Waals surface area (Å²) in [5, 5.41) is 11.9. The second-order valence-electron chi connectivity index (χ2n) is 6.99. The maximum absolute atomic E-state index is 13.1. The molecule has 30 heavy (non-hydrogen) atoms. The lowest BCUT2D eigenvalue weighted by molar-refractivity contribution is -0.385. The van der Waals surface area contributed by atoms with Crippen LogP contribution in [0.3, 0.4) is 0 Å². The highest BCUT2D eigenvalue weighted by Gasteiger charge is 2.20. The van der Waals surface area contributed by atoms with Gasteiger partial charge in [-0.25, -0.2) is 0 Å². The Morgan fingerprint density at radius 2 is 2.03 bits per heavy atom. The van der Waals surface area contributed by atoms with Gasteiger partial charge in [-0.15, -0.1) is 6.58 Å². The fourth-order valence-electron chi connectivity index (χ4n) is 3.27. The molecule has 0 aliphatic rings. The molecule has 0 N–H and O–H groups in total. The number of nitrogens with zero attached hydrogens (tertiary/aromatic N) is 3. The van der Waals surface area contributed by atoms with Crippen LogP contribution >= 0.6 is 11.6 Å². The average Bonchev–Trinajstić information content (AvgIpc) is 3.14. The highest BCUT2D eigenvalue weighted by molar-refractivity contribution is 6.30. The Kier molecular flexibility index (Phi) is 6.69. The fraction of sp³-hybridized carbons (Fsp3) is 0.174. The van der Waals surface area contributed by atoms with Crippen molar-refractivity contribution in [2.75, 3.05) is 6.54 Å². The molecule has 6 nitrogen and oxygen atoms in total. The molecule has 0 fully saturated rings. The van der Waals surface area contributed by atoms with Gasteiger partial charge in [0, 0.05) is 47.2 Å². The number of carbonyl (C=O) groups excluding carboxylic acids is 1. The lowest BCUT2D eigenvalue weighted by Crippen LogP contribution is -2.31. The van der Waals surface area contributed by atoms with Gasteiger partial charge in [0.25, 0.3) is 11.6 Å². The number of hydrogen-bond donors (Lipinski definition) is 0. The molecule has 1 heterocycles. The van der Waals surface area contributed by atoms with Gasteiger partial charge < -0.3 is 9.47 Å². The van der Waals surface area contributed by atoms with Crippen LogP contribution in [0.2, 0.25) is 5.02 Å². The Hall–Kier alpha value is -3.38. The van der Waals surface area contributed by atoms with Crippen LogP contribution in [0.4, 0.5) is 5.69 Å². The predicted octanol–water partition coefficient (Wildman–Crippen LogP) is 5.23. The van der Waals surface area contributed by atoms with Crippen molar-refractivity contribution in [2.45, 2.75) is 20.0 Å². The van der Waals surface area contributed by atoms with Gasteiger partial charge in [-0.05, 0) is 42.8 Å². The summed E-state index contributed by atoms with van der Waals surface area (Å²) in [6, 6.07) is 16.0. The fourth-order valence-corrected chi connectivity index (χ4v) is 3.48. The van der Waals surface area contributed by atoms with E-state index in [4.69, 9.17) is 11.6 Å². The minimum atomic E-state index is -0.472. The van der Waals surface area contributed by atoms with E-state index in [1.54, 1.807) is 30.0 Å². The van der Waals surface area contributed by atoms with Crippen molar-refractivity contribution in [3.05, 3.63) is 111 Å². The van der Waals surface area contributed by atoms with Crippen molar-refractivity contribution in [1.29, 1.82) is 0 Å². The number of carbonyl (C=O) groups is 1. The van der Waals surface area contributed by atoms with E-state index in [-0.39, 0.29) is 17.2 Å². The van der Waals surface area contributed by atoms with E-state index in [0.717, 1.165) is 11.3 Å². The molecule has 0 bridgehead atoms. The van der Waals surface area contributed by atoms with Crippen LogP contribution < -0.4 is 0 Å². The molecular formula is C23H22ClN3O3. The molecule has 3 aromatic rings. The van der Waals surface area contributed by atoms with Gasteiger partial charge in [-0.1, -0.05) is 35.9 Å². The van der Waals surface area contributed by atoms with E-state index in [2.05, 4.69) is 6.58 Å². The Morgan fingerprint density at radius 3 is 2.73 bits per heavy atom. The number of nitro benzene ring substituents is 1. The maximum atomic E-state index is 13.1. The van der Waals surface area contributed by atoms with E-state index in [1.165, 1.54) is 6.07 Å². The van der Waals surface area contributed by atoms with Gasteiger partial charge in [0.2, 0.25) is 0 Å². The molecule has 0 saturated carbocycles. The van der Waals surface area contributed by atoms with Gasteiger partial charge in [0.05, 0.1) is 11.5 Å². The third-order valence-corrected chi connectivity index (χ3v) is 5.04. The summed E-state index contributed by atoms with van der Waals surface area (Å²) in [5.41, 5.74) is 2.72. The number of aryl methyl sites for hydroxylation is 1. The van der Waals surface area contributed by atoms with Gasteiger partial charge >= 0.3 is 0 Å². The SMILES string of the molecule is C=CCN(Cc1cccn1Cc1cccc(Cl)c1)C(=O)c1ccc(C)c([N+](=O)[O-])c1. The summed E-state index contributed by atoms with van der Waals surface area (Å²) in [5.74, 6) is -0.284. The quantitative estimate of drug-likeness (QED) is 0.283. The molecule has 3 rings (SSSR count). The highest BCUT2D eigenvalue weighted by Crippen LogP contribution is 2.21. The summed E-state index contributed by atoms with van der Waals surface area (Å²) >= 11 is 6.08. The van der Waals surface area contributed by atoms with Crippen LogP contribution in [0, 0.1) is 17.0 Å². The van der Waals surface area contributed by atoms with Crippen LogP contribution in [0.5, 0.6) is 0 Å². The zero-order valence-corrected chi connectivity index (χ0v) is 17.4. The summed E-state index contributed by atoms with van der Waals surface area (Å²) in [4.78, 5) is 25.5. The Morgan fingerprint density at radius 1 is 1.23 bits per heavy atom. The highest BCUT2D eigenvalue weighted by atomic mass is 35.5. The number of amides is 1. The second-order valence-corrected chi connectivity index (χ2v) is 7.43. The Bertz CT molecular complexity index is 1090. The minimum absolute atomic E-state index is 0.0660. The summed E-state index contributed by atoms with van der Waals surface area (Å²) < 4.78 is 2.05. The molecule has 0 saturated heterocycles.